The van der Waals surface area contributed by atoms with Gasteiger partial charge in [-0.1, -0.05) is 6.92 Å². The van der Waals surface area contributed by atoms with Crippen molar-refractivity contribution in [2.24, 2.45) is 0 Å². The first-order chi connectivity index (χ1) is 6.60. The second kappa shape index (κ2) is 4.39. The van der Waals surface area contributed by atoms with Gasteiger partial charge in [0.2, 0.25) is 0 Å². The van der Waals surface area contributed by atoms with Crippen LogP contribution < -0.4 is 10.1 Å². The van der Waals surface area contributed by atoms with Crippen LogP contribution in [-0.4, -0.2) is 23.7 Å². The first-order valence-corrected chi connectivity index (χ1v) is 4.58. The fraction of sp³-hybridized carbons (Fsp3) is 0.500. The molecule has 4 heteroatoms. The summed E-state index contributed by atoms with van der Waals surface area (Å²) in [6.07, 6.45) is 1.58. The lowest BCUT2D eigenvalue weighted by atomic mass is 10.1. The Morgan fingerprint density at radius 1 is 1.57 bits per heavy atom. The first kappa shape index (κ1) is 10.9. The minimum absolute atomic E-state index is 0.583. The zero-order chi connectivity index (χ0) is 10.6. The molecule has 4 nitrogen and oxygen atoms in total. The van der Waals surface area contributed by atoms with E-state index in [9.17, 15) is 5.11 Å². The molecule has 78 valence electrons. The molecule has 0 bridgehead atoms. The summed E-state index contributed by atoms with van der Waals surface area (Å²) < 4.78 is 4.98. The van der Waals surface area contributed by atoms with E-state index >= 15 is 0 Å². The van der Waals surface area contributed by atoms with Crippen LogP contribution in [-0.2, 0) is 5.72 Å². The van der Waals surface area contributed by atoms with Crippen molar-refractivity contribution in [1.29, 1.82) is 0 Å². The van der Waals surface area contributed by atoms with Gasteiger partial charge in [-0.05, 0) is 25.6 Å². The number of aliphatic hydroxyl groups is 1. The van der Waals surface area contributed by atoms with Crippen LogP contribution in [0.5, 0.6) is 5.75 Å². The number of nitrogens with one attached hydrogen (secondary N) is 1. The molecule has 0 spiro atoms. The third-order valence-electron chi connectivity index (χ3n) is 1.99. The molecular weight excluding hydrogens is 180 g/mol. The fourth-order valence-corrected chi connectivity index (χ4v) is 1.22. The van der Waals surface area contributed by atoms with Gasteiger partial charge < -0.3 is 9.84 Å². The number of hydrogen-bond acceptors (Lipinski definition) is 4. The molecule has 1 rings (SSSR count). The molecule has 0 aliphatic rings. The number of hydrogen-bond donors (Lipinski definition) is 2. The van der Waals surface area contributed by atoms with Gasteiger partial charge >= 0.3 is 0 Å². The monoisotopic (exact) mass is 196 g/mol. The number of aromatic nitrogens is 1. The number of methoxy groups -OCH3 is 1. The Balaban J connectivity index is 2.85. The maximum absolute atomic E-state index is 9.93. The third-order valence-corrected chi connectivity index (χ3v) is 1.99. The number of rotatable bonds is 4. The fourth-order valence-electron chi connectivity index (χ4n) is 1.22. The van der Waals surface area contributed by atoms with Crippen molar-refractivity contribution >= 4 is 0 Å². The summed E-state index contributed by atoms with van der Waals surface area (Å²) in [5.41, 5.74) is -0.499. The molecule has 0 radical (unpaired) electrons. The molecule has 0 aliphatic heterocycles. The Morgan fingerprint density at radius 2 is 2.29 bits per heavy atom. The van der Waals surface area contributed by atoms with Gasteiger partial charge in [0.25, 0.3) is 0 Å². The van der Waals surface area contributed by atoms with Crippen molar-refractivity contribution in [3.8, 4) is 5.75 Å². The maximum atomic E-state index is 9.93. The molecule has 1 unspecified atom stereocenters. The zero-order valence-electron chi connectivity index (χ0n) is 8.74. The Bertz CT molecular complexity index is 283. The highest BCUT2D eigenvalue weighted by atomic mass is 16.5. The van der Waals surface area contributed by atoms with Crippen LogP contribution in [0.2, 0.25) is 0 Å². The second-order valence-corrected chi connectivity index (χ2v) is 3.19. The van der Waals surface area contributed by atoms with E-state index in [-0.39, 0.29) is 0 Å². The van der Waals surface area contributed by atoms with Crippen LogP contribution in [0.15, 0.2) is 18.3 Å². The van der Waals surface area contributed by atoms with Crippen molar-refractivity contribution in [1.82, 2.24) is 10.3 Å². The Hall–Kier alpha value is -1.13. The maximum Gasteiger partial charge on any atom is 0.156 e. The van der Waals surface area contributed by atoms with Crippen molar-refractivity contribution in [2.45, 2.75) is 19.6 Å². The molecule has 1 heterocycles. The minimum atomic E-state index is -1.08. The molecule has 1 aromatic rings. The van der Waals surface area contributed by atoms with Gasteiger partial charge in [-0.25, -0.2) is 0 Å². The van der Waals surface area contributed by atoms with E-state index in [2.05, 4.69) is 10.3 Å². The van der Waals surface area contributed by atoms with Crippen molar-refractivity contribution in [3.05, 3.63) is 24.0 Å². The topological polar surface area (TPSA) is 54.4 Å². The molecule has 0 saturated carbocycles. The molecule has 1 atom stereocenters. The van der Waals surface area contributed by atoms with Gasteiger partial charge in [-0.15, -0.1) is 0 Å². The lowest BCUT2D eigenvalue weighted by Crippen LogP contribution is -2.39. The lowest BCUT2D eigenvalue weighted by molar-refractivity contribution is 0.0175. The normalized spacial score (nSPS) is 14.9. The summed E-state index contributed by atoms with van der Waals surface area (Å²) in [7, 11) is 1.58. The van der Waals surface area contributed by atoms with Crippen LogP contribution in [0.4, 0.5) is 0 Å². The lowest BCUT2D eigenvalue weighted by Gasteiger charge is -2.23. The largest absolute Gasteiger partial charge is 0.495 e. The average molecular weight is 196 g/mol. The van der Waals surface area contributed by atoms with E-state index in [1.165, 1.54) is 0 Å². The van der Waals surface area contributed by atoms with Crippen molar-refractivity contribution in [2.75, 3.05) is 13.7 Å². The number of pyridine rings is 1. The van der Waals surface area contributed by atoms with Crippen molar-refractivity contribution < 1.29 is 9.84 Å². The van der Waals surface area contributed by atoms with Crippen LogP contribution in [0.25, 0.3) is 0 Å². The summed E-state index contributed by atoms with van der Waals surface area (Å²) in [6.45, 7) is 4.28. The number of ether oxygens (including phenoxy) is 1. The predicted molar refractivity (Wildman–Crippen MR) is 54.0 cm³/mol. The standard InChI is InChI=1S/C10H16N2O2/c1-4-12-10(2,13)9-6-5-8(14-3)7-11-9/h5-7,12-13H,4H2,1-3H3. The molecule has 0 saturated heterocycles. The number of nitrogens with zero attached hydrogens (tertiary/aromatic N) is 1. The quantitative estimate of drug-likeness (QED) is 0.701. The van der Waals surface area contributed by atoms with Crippen LogP contribution >= 0.6 is 0 Å². The highest BCUT2D eigenvalue weighted by Gasteiger charge is 2.22. The molecule has 14 heavy (non-hydrogen) atoms. The Kier molecular flexibility index (Phi) is 3.43. The van der Waals surface area contributed by atoms with E-state index in [0.717, 1.165) is 0 Å². The van der Waals surface area contributed by atoms with Gasteiger partial charge in [0.05, 0.1) is 19.0 Å². The smallest absolute Gasteiger partial charge is 0.156 e. The first-order valence-electron chi connectivity index (χ1n) is 4.58. The predicted octanol–water partition coefficient (Wildman–Crippen LogP) is 0.865. The van der Waals surface area contributed by atoms with Crippen LogP contribution in [0.1, 0.15) is 19.5 Å². The summed E-state index contributed by atoms with van der Waals surface area (Å²) in [5.74, 6) is 0.682. The highest BCUT2D eigenvalue weighted by molar-refractivity contribution is 5.22. The molecule has 0 aliphatic carbocycles. The van der Waals surface area contributed by atoms with Gasteiger partial charge in [0.15, 0.2) is 5.72 Å². The summed E-state index contributed by atoms with van der Waals surface area (Å²) in [6, 6.07) is 3.51. The van der Waals surface area contributed by atoms with Crippen LogP contribution in [0, 0.1) is 0 Å². The summed E-state index contributed by atoms with van der Waals surface area (Å²) in [4.78, 5) is 4.10. The summed E-state index contributed by atoms with van der Waals surface area (Å²) >= 11 is 0. The zero-order valence-corrected chi connectivity index (χ0v) is 8.74. The van der Waals surface area contributed by atoms with E-state index < -0.39 is 5.72 Å². The van der Waals surface area contributed by atoms with E-state index in [0.29, 0.717) is 18.0 Å². The highest BCUT2D eigenvalue weighted by Crippen LogP contribution is 2.17. The molecule has 0 aromatic carbocycles. The van der Waals surface area contributed by atoms with Gasteiger partial charge in [-0.2, -0.15) is 0 Å². The minimum Gasteiger partial charge on any atom is -0.495 e. The van der Waals surface area contributed by atoms with E-state index in [1.807, 2.05) is 6.92 Å². The van der Waals surface area contributed by atoms with Gasteiger partial charge in [-0.3, -0.25) is 10.3 Å². The molecular formula is C10H16N2O2. The molecule has 0 fully saturated rings. The van der Waals surface area contributed by atoms with Gasteiger partial charge in [0.1, 0.15) is 5.75 Å². The molecule has 0 amide bonds. The van der Waals surface area contributed by atoms with Crippen molar-refractivity contribution in [3.63, 3.8) is 0 Å². The van der Waals surface area contributed by atoms with Crippen LogP contribution in [0.3, 0.4) is 0 Å². The second-order valence-electron chi connectivity index (χ2n) is 3.19. The molecule has 2 N–H and O–H groups in total. The van der Waals surface area contributed by atoms with E-state index in [1.54, 1.807) is 32.4 Å². The Labute approximate surface area is 83.9 Å². The van der Waals surface area contributed by atoms with Gasteiger partial charge in [0, 0.05) is 0 Å². The molecule has 1 aromatic heterocycles. The third kappa shape index (κ3) is 2.43. The average Bonchev–Trinajstić information content (AvgIpc) is 2.18. The summed E-state index contributed by atoms with van der Waals surface area (Å²) in [5, 5.41) is 12.9. The van der Waals surface area contributed by atoms with E-state index in [4.69, 9.17) is 4.74 Å². The SMILES string of the molecule is CCNC(C)(O)c1ccc(OC)cn1. The Morgan fingerprint density at radius 3 is 2.71 bits per heavy atom.